The Balaban J connectivity index is 1.49. The molecule has 0 bridgehead atoms. The molecule has 0 radical (unpaired) electrons. The van der Waals surface area contributed by atoms with Crippen LogP contribution < -0.4 is 10.0 Å². The first kappa shape index (κ1) is 26.3. The summed E-state index contributed by atoms with van der Waals surface area (Å²) in [5.74, 6) is -0.611. The summed E-state index contributed by atoms with van der Waals surface area (Å²) in [5.41, 5.74) is 2.98. The Hall–Kier alpha value is -4.32. The number of anilines is 2. The number of sulfonamides is 1. The summed E-state index contributed by atoms with van der Waals surface area (Å²) >= 11 is 0. The molecule has 3 aromatic heterocycles. The number of amides is 2. The van der Waals surface area contributed by atoms with Crippen molar-refractivity contribution < 1.29 is 18.0 Å². The number of nitrogens with one attached hydrogen (secondary N) is 2. The number of hydrogen-bond acceptors (Lipinski definition) is 8. The number of aromatic nitrogens is 4. The second-order valence-electron chi connectivity index (χ2n) is 9.39. The van der Waals surface area contributed by atoms with Gasteiger partial charge in [-0.2, -0.15) is 9.61 Å². The number of benzene rings is 1. The minimum absolute atomic E-state index is 0.0272. The number of rotatable bonds is 7. The Kier molecular flexibility index (Phi) is 7.29. The number of aryl methyl sites for hydroxylation is 1. The van der Waals surface area contributed by atoms with Gasteiger partial charge in [0.2, 0.25) is 10.0 Å². The molecule has 0 aliphatic carbocycles. The van der Waals surface area contributed by atoms with E-state index in [9.17, 15) is 18.0 Å². The quantitative estimate of drug-likeness (QED) is 0.359. The number of carbonyl (C=O) groups is 2. The summed E-state index contributed by atoms with van der Waals surface area (Å²) in [4.78, 5) is 37.0. The van der Waals surface area contributed by atoms with E-state index < -0.39 is 15.9 Å². The third kappa shape index (κ3) is 5.46. The van der Waals surface area contributed by atoms with Crippen molar-refractivity contribution in [2.75, 3.05) is 24.2 Å². The lowest BCUT2D eigenvalue weighted by molar-refractivity contribution is 0.0713. The van der Waals surface area contributed by atoms with E-state index >= 15 is 0 Å². The van der Waals surface area contributed by atoms with Crippen LogP contribution in [0.1, 0.15) is 57.7 Å². The zero-order chi connectivity index (χ0) is 27.6. The fourth-order valence-corrected chi connectivity index (χ4v) is 5.23. The summed E-state index contributed by atoms with van der Waals surface area (Å²) in [5, 5.41) is 7.56. The van der Waals surface area contributed by atoms with Gasteiger partial charge in [0, 0.05) is 25.5 Å². The van der Waals surface area contributed by atoms with E-state index in [0.29, 0.717) is 36.2 Å². The van der Waals surface area contributed by atoms with Crippen molar-refractivity contribution in [1.29, 1.82) is 0 Å². The molecule has 11 nitrogen and oxygen atoms in total. The lowest BCUT2D eigenvalue weighted by atomic mass is 9.89. The van der Waals surface area contributed by atoms with Crippen molar-refractivity contribution in [2.45, 2.75) is 32.6 Å². The fourth-order valence-electron chi connectivity index (χ4n) is 4.69. The molecule has 202 valence electrons. The molecule has 2 N–H and O–H groups in total. The zero-order valence-corrected chi connectivity index (χ0v) is 22.5. The summed E-state index contributed by atoms with van der Waals surface area (Å²) in [6.07, 6.45) is 5.99. The average Bonchev–Trinajstić information content (AvgIpc) is 3.39. The van der Waals surface area contributed by atoms with Gasteiger partial charge < -0.3 is 10.2 Å². The van der Waals surface area contributed by atoms with Crippen LogP contribution in [-0.4, -0.2) is 63.6 Å². The molecule has 1 aliphatic rings. The van der Waals surface area contributed by atoms with Crippen LogP contribution in [0.25, 0.3) is 5.65 Å². The Bertz CT molecular complexity index is 1630. The number of pyridine rings is 1. The third-order valence-corrected chi connectivity index (χ3v) is 8.20. The molecule has 4 heterocycles. The van der Waals surface area contributed by atoms with Crippen LogP contribution in [0.2, 0.25) is 0 Å². The Labute approximate surface area is 226 Å². The first-order valence-corrected chi connectivity index (χ1v) is 14.4. The van der Waals surface area contributed by atoms with Crippen LogP contribution in [0, 0.1) is 6.92 Å². The number of fused-ring (bicyclic) bond motifs is 1. The van der Waals surface area contributed by atoms with Crippen LogP contribution in [0.15, 0.2) is 61.1 Å². The third-order valence-electron chi connectivity index (χ3n) is 6.94. The highest BCUT2D eigenvalue weighted by atomic mass is 32.2. The van der Waals surface area contributed by atoms with E-state index in [2.05, 4.69) is 32.5 Å². The van der Waals surface area contributed by atoms with Gasteiger partial charge in [-0.3, -0.25) is 14.6 Å². The van der Waals surface area contributed by atoms with Gasteiger partial charge in [0.05, 0.1) is 23.3 Å². The van der Waals surface area contributed by atoms with E-state index in [1.165, 1.54) is 29.4 Å². The minimum Gasteiger partial charge on any atom is -0.338 e. The lowest BCUT2D eigenvalue weighted by Gasteiger charge is -2.32. The molecule has 1 aromatic carbocycles. The maximum Gasteiger partial charge on any atom is 0.270 e. The van der Waals surface area contributed by atoms with Crippen molar-refractivity contribution >= 4 is 39.0 Å². The van der Waals surface area contributed by atoms with Crippen molar-refractivity contribution in [1.82, 2.24) is 29.2 Å². The maximum absolute atomic E-state index is 13.8. The highest BCUT2D eigenvalue weighted by Gasteiger charge is 2.29. The van der Waals surface area contributed by atoms with Crippen LogP contribution in [0.5, 0.6) is 0 Å². The van der Waals surface area contributed by atoms with E-state index in [4.69, 9.17) is 0 Å². The number of nitrogens with zero attached hydrogens (tertiary/aromatic N) is 5. The van der Waals surface area contributed by atoms with Crippen LogP contribution in [0.3, 0.4) is 0 Å². The van der Waals surface area contributed by atoms with Gasteiger partial charge in [-0.1, -0.05) is 30.3 Å². The SMILES string of the molecule is CCS(=O)(=O)NC(=O)c1cnn2c(Nc3cccnc3C)c(C(=O)N3CCC(c4ccccc4)CC3)cnc12. The normalized spacial score (nSPS) is 14.4. The van der Waals surface area contributed by atoms with Gasteiger partial charge in [0.25, 0.3) is 11.8 Å². The van der Waals surface area contributed by atoms with Crippen molar-refractivity contribution in [2.24, 2.45) is 0 Å². The predicted octanol–water partition coefficient (Wildman–Crippen LogP) is 3.28. The van der Waals surface area contributed by atoms with Crippen LogP contribution in [-0.2, 0) is 10.0 Å². The molecule has 5 rings (SSSR count). The van der Waals surface area contributed by atoms with Crippen molar-refractivity contribution in [3.05, 3.63) is 83.4 Å². The molecule has 2 amide bonds. The molecule has 0 unspecified atom stereocenters. The first-order valence-electron chi connectivity index (χ1n) is 12.7. The van der Waals surface area contributed by atoms with Gasteiger partial charge in [0.1, 0.15) is 16.9 Å². The first-order chi connectivity index (χ1) is 18.8. The number of piperidine rings is 1. The Morgan fingerprint density at radius 3 is 2.44 bits per heavy atom. The van der Waals surface area contributed by atoms with Crippen LogP contribution in [0.4, 0.5) is 11.5 Å². The summed E-state index contributed by atoms with van der Waals surface area (Å²) < 4.78 is 27.3. The molecule has 1 saturated heterocycles. The minimum atomic E-state index is -3.79. The van der Waals surface area contributed by atoms with Crippen molar-refractivity contribution in [3.63, 3.8) is 0 Å². The standard InChI is InChI=1S/C27H29N7O4S/c1-3-39(37,38)32-26(35)21-17-30-34-24(21)29-16-22(25(34)31-23-10-7-13-28-18(23)2)27(36)33-14-11-20(12-15-33)19-8-5-4-6-9-19/h4-10,13,16-17,20,31H,3,11-12,14-15H2,1-2H3,(H,32,35). The Morgan fingerprint density at radius 2 is 1.74 bits per heavy atom. The monoisotopic (exact) mass is 547 g/mol. The van der Waals surface area contributed by atoms with E-state index in [0.717, 1.165) is 12.8 Å². The molecule has 0 saturated carbocycles. The molecular weight excluding hydrogens is 518 g/mol. The zero-order valence-electron chi connectivity index (χ0n) is 21.7. The highest BCUT2D eigenvalue weighted by molar-refractivity contribution is 7.90. The van der Waals surface area contributed by atoms with E-state index in [-0.39, 0.29) is 28.4 Å². The molecule has 12 heteroatoms. The molecular formula is C27H29N7O4S. The second kappa shape index (κ2) is 10.8. The smallest absolute Gasteiger partial charge is 0.270 e. The van der Waals surface area contributed by atoms with Gasteiger partial charge in [0.15, 0.2) is 5.65 Å². The van der Waals surface area contributed by atoms with Gasteiger partial charge in [-0.05, 0) is 50.3 Å². The topological polar surface area (TPSA) is 139 Å². The largest absolute Gasteiger partial charge is 0.338 e. The highest BCUT2D eigenvalue weighted by Crippen LogP contribution is 2.30. The van der Waals surface area contributed by atoms with Gasteiger partial charge >= 0.3 is 0 Å². The summed E-state index contributed by atoms with van der Waals surface area (Å²) in [7, 11) is -3.79. The van der Waals surface area contributed by atoms with Crippen molar-refractivity contribution in [3.8, 4) is 0 Å². The molecule has 1 fully saturated rings. The summed E-state index contributed by atoms with van der Waals surface area (Å²) in [6, 6.07) is 13.9. The molecule has 0 atom stereocenters. The lowest BCUT2D eigenvalue weighted by Crippen LogP contribution is -2.38. The number of carbonyl (C=O) groups excluding carboxylic acids is 2. The predicted molar refractivity (Wildman–Crippen MR) is 146 cm³/mol. The molecule has 0 spiro atoms. The maximum atomic E-state index is 13.8. The van der Waals surface area contributed by atoms with Crippen LogP contribution >= 0.6 is 0 Å². The van der Waals surface area contributed by atoms with E-state index in [1.54, 1.807) is 17.2 Å². The average molecular weight is 548 g/mol. The Morgan fingerprint density at radius 1 is 1.00 bits per heavy atom. The summed E-state index contributed by atoms with van der Waals surface area (Å²) in [6.45, 7) is 4.43. The number of likely N-dealkylation sites (tertiary alicyclic amines) is 1. The number of hydrogen-bond donors (Lipinski definition) is 2. The molecule has 1 aliphatic heterocycles. The molecule has 39 heavy (non-hydrogen) atoms. The van der Waals surface area contributed by atoms with Gasteiger partial charge in [-0.15, -0.1) is 0 Å². The van der Waals surface area contributed by atoms with E-state index in [1.807, 2.05) is 35.9 Å². The second-order valence-corrected chi connectivity index (χ2v) is 11.4. The van der Waals surface area contributed by atoms with Gasteiger partial charge in [-0.25, -0.2) is 18.1 Å². The fraction of sp³-hybridized carbons (Fsp3) is 0.296. The molecule has 4 aromatic rings.